The number of cyclic esters (lactones) is 1. The molecule has 10 heteroatoms. The number of benzene rings is 1. The minimum absolute atomic E-state index is 0.0622. The normalized spacial score (nSPS) is 26.8. The van der Waals surface area contributed by atoms with E-state index >= 15 is 0 Å². The standard InChI is InChI=1S/C28H35N5O5/c1-16(2)21-14-20(34)8-5-7-19-10-11-22-24(13-19)31-25(15-29-22)18(4)38-28(37)23-9-6-12-33(32-23)27(36)17(3)30-26(21)35/h5,7,10-11,13,15-18,21,23,32H,6,8-9,12,14H2,1-4H3,(H,30,35)/b7-5+/t17-,18+,21-,23-/m0/s1. The minimum atomic E-state index is -0.831. The number of nitrogens with one attached hydrogen (secondary N) is 2. The van der Waals surface area contributed by atoms with E-state index in [1.54, 1.807) is 26.1 Å². The lowest BCUT2D eigenvalue weighted by Gasteiger charge is -2.35. The molecule has 38 heavy (non-hydrogen) atoms. The number of rotatable bonds is 1. The molecule has 5 bridgehead atoms. The number of hydrazine groups is 1. The number of ketones is 1. The van der Waals surface area contributed by atoms with Gasteiger partial charge in [0.1, 0.15) is 24.0 Å². The van der Waals surface area contributed by atoms with Crippen LogP contribution in [-0.2, 0) is 23.9 Å². The van der Waals surface area contributed by atoms with E-state index in [9.17, 15) is 19.2 Å². The van der Waals surface area contributed by atoms with Gasteiger partial charge in [0.2, 0.25) is 5.91 Å². The number of hydrogen-bond donors (Lipinski definition) is 2. The number of fused-ring (bicyclic) bond motifs is 4. The summed E-state index contributed by atoms with van der Waals surface area (Å²) in [5.74, 6) is -1.90. The van der Waals surface area contributed by atoms with Crippen molar-refractivity contribution in [2.75, 3.05) is 6.54 Å². The Morgan fingerprint density at radius 3 is 2.66 bits per heavy atom. The van der Waals surface area contributed by atoms with Crippen molar-refractivity contribution in [3.8, 4) is 0 Å². The summed E-state index contributed by atoms with van der Waals surface area (Å²) in [6.45, 7) is 7.50. The second-order valence-corrected chi connectivity index (χ2v) is 10.4. The Morgan fingerprint density at radius 1 is 1.11 bits per heavy atom. The SMILES string of the molecule is CC(C)[C@@H]1CC(=O)C/C=C/c2ccc3ncc(nc3c2)[C@@H](C)OC(=O)[C@@H]2CCCN(N2)C(=O)[C@H](C)NC1=O. The van der Waals surface area contributed by atoms with Crippen LogP contribution in [0.25, 0.3) is 17.1 Å². The van der Waals surface area contributed by atoms with Crippen LogP contribution in [0.3, 0.4) is 0 Å². The molecule has 3 heterocycles. The Bertz CT molecular complexity index is 1260. The van der Waals surface area contributed by atoms with Crippen LogP contribution in [0.2, 0.25) is 0 Å². The first-order chi connectivity index (χ1) is 18.1. The van der Waals surface area contributed by atoms with Crippen molar-refractivity contribution in [2.45, 2.75) is 71.6 Å². The zero-order chi connectivity index (χ0) is 27.4. The number of carbonyl (C=O) groups excluding carboxylic acids is 4. The van der Waals surface area contributed by atoms with E-state index in [4.69, 9.17) is 4.74 Å². The summed E-state index contributed by atoms with van der Waals surface area (Å²) in [6, 6.07) is 4.06. The van der Waals surface area contributed by atoms with Gasteiger partial charge in [0, 0.05) is 25.3 Å². The van der Waals surface area contributed by atoms with E-state index in [0.717, 1.165) is 5.56 Å². The van der Waals surface area contributed by atoms with Crippen molar-refractivity contribution >= 4 is 40.7 Å². The summed E-state index contributed by atoms with van der Waals surface area (Å²) < 4.78 is 5.69. The summed E-state index contributed by atoms with van der Waals surface area (Å²) in [6.07, 6.45) is 5.91. The summed E-state index contributed by atoms with van der Waals surface area (Å²) in [5, 5.41) is 4.14. The zero-order valence-electron chi connectivity index (χ0n) is 22.3. The zero-order valence-corrected chi connectivity index (χ0v) is 22.3. The fraction of sp³-hybridized carbons (Fsp3) is 0.500. The van der Waals surface area contributed by atoms with Crippen LogP contribution in [0.15, 0.2) is 30.5 Å². The molecule has 1 saturated heterocycles. The third-order valence-electron chi connectivity index (χ3n) is 7.01. The second kappa shape index (κ2) is 11.8. The van der Waals surface area contributed by atoms with E-state index < -0.39 is 30.1 Å². The molecule has 4 atom stereocenters. The summed E-state index contributed by atoms with van der Waals surface area (Å²) in [4.78, 5) is 61.0. The Balaban J connectivity index is 1.64. The topological polar surface area (TPSA) is 131 Å². The molecule has 0 saturated carbocycles. The van der Waals surface area contributed by atoms with Crippen LogP contribution in [-0.4, -0.2) is 57.2 Å². The van der Waals surface area contributed by atoms with E-state index in [1.165, 1.54) is 5.01 Å². The third kappa shape index (κ3) is 6.42. The molecule has 2 aliphatic heterocycles. The van der Waals surface area contributed by atoms with Crippen molar-refractivity contribution < 1.29 is 23.9 Å². The van der Waals surface area contributed by atoms with Crippen LogP contribution >= 0.6 is 0 Å². The monoisotopic (exact) mass is 521 g/mol. The number of carbonyl (C=O) groups is 4. The van der Waals surface area contributed by atoms with Gasteiger partial charge in [0.25, 0.3) is 5.91 Å². The number of ether oxygens (including phenoxy) is 1. The van der Waals surface area contributed by atoms with Crippen molar-refractivity contribution in [1.82, 2.24) is 25.7 Å². The molecule has 2 N–H and O–H groups in total. The Hall–Kier alpha value is -3.66. The fourth-order valence-corrected chi connectivity index (χ4v) is 4.68. The predicted molar refractivity (Wildman–Crippen MR) is 141 cm³/mol. The summed E-state index contributed by atoms with van der Waals surface area (Å²) in [7, 11) is 0. The van der Waals surface area contributed by atoms with Gasteiger partial charge in [-0.15, -0.1) is 0 Å². The van der Waals surface area contributed by atoms with Gasteiger partial charge in [-0.25, -0.2) is 10.4 Å². The van der Waals surface area contributed by atoms with Gasteiger partial charge in [0.05, 0.1) is 22.9 Å². The fourth-order valence-electron chi connectivity index (χ4n) is 4.68. The molecular weight excluding hydrogens is 486 g/mol. The van der Waals surface area contributed by atoms with Crippen molar-refractivity contribution in [3.05, 3.63) is 41.7 Å². The average molecular weight is 522 g/mol. The molecule has 2 aromatic rings. The molecule has 2 amide bonds. The van der Waals surface area contributed by atoms with Crippen molar-refractivity contribution in [3.63, 3.8) is 0 Å². The first kappa shape index (κ1) is 27.4. The number of aromatic nitrogens is 2. The van der Waals surface area contributed by atoms with Crippen LogP contribution < -0.4 is 10.7 Å². The largest absolute Gasteiger partial charge is 0.455 e. The molecule has 0 spiro atoms. The van der Waals surface area contributed by atoms with Crippen LogP contribution in [0.4, 0.5) is 0 Å². The minimum Gasteiger partial charge on any atom is -0.455 e. The van der Waals surface area contributed by atoms with E-state index in [-0.39, 0.29) is 36.4 Å². The van der Waals surface area contributed by atoms with Crippen LogP contribution in [0.5, 0.6) is 0 Å². The summed E-state index contributed by atoms with van der Waals surface area (Å²) >= 11 is 0. The molecule has 1 fully saturated rings. The van der Waals surface area contributed by atoms with Gasteiger partial charge in [-0.2, -0.15) is 0 Å². The van der Waals surface area contributed by atoms with Gasteiger partial charge in [-0.3, -0.25) is 29.2 Å². The first-order valence-electron chi connectivity index (χ1n) is 13.2. The molecule has 0 unspecified atom stereocenters. The molecule has 10 nitrogen and oxygen atoms in total. The Labute approximate surface area is 222 Å². The number of amides is 2. The van der Waals surface area contributed by atoms with Gasteiger partial charge >= 0.3 is 5.97 Å². The number of hydrogen-bond acceptors (Lipinski definition) is 8. The number of esters is 1. The number of allylic oxidation sites excluding steroid dienone is 1. The first-order valence-corrected chi connectivity index (χ1v) is 13.2. The van der Waals surface area contributed by atoms with Crippen LogP contribution in [0, 0.1) is 11.8 Å². The number of Topliss-reactive ketones (excluding diaryl/α,β-unsaturated/α-hetero) is 1. The highest BCUT2D eigenvalue weighted by atomic mass is 16.5. The third-order valence-corrected chi connectivity index (χ3v) is 7.01. The molecule has 2 aliphatic rings. The maximum Gasteiger partial charge on any atom is 0.325 e. The number of nitrogens with zero attached hydrogens (tertiary/aromatic N) is 3. The smallest absolute Gasteiger partial charge is 0.325 e. The highest BCUT2D eigenvalue weighted by Gasteiger charge is 2.34. The van der Waals surface area contributed by atoms with Gasteiger partial charge in [0.15, 0.2) is 0 Å². The average Bonchev–Trinajstić information content (AvgIpc) is 2.90. The van der Waals surface area contributed by atoms with Gasteiger partial charge in [-0.1, -0.05) is 32.1 Å². The lowest BCUT2D eigenvalue weighted by Crippen LogP contribution is -2.59. The Kier molecular flexibility index (Phi) is 8.51. The molecule has 202 valence electrons. The maximum atomic E-state index is 13.1. The predicted octanol–water partition coefficient (Wildman–Crippen LogP) is 2.88. The molecule has 0 aliphatic carbocycles. The molecule has 1 aromatic heterocycles. The second-order valence-electron chi connectivity index (χ2n) is 10.4. The van der Waals surface area contributed by atoms with Crippen molar-refractivity contribution in [2.24, 2.45) is 11.8 Å². The Morgan fingerprint density at radius 2 is 1.89 bits per heavy atom. The molecule has 4 rings (SSSR count). The lowest BCUT2D eigenvalue weighted by atomic mass is 9.89. The maximum absolute atomic E-state index is 13.1. The lowest BCUT2D eigenvalue weighted by molar-refractivity contribution is -0.157. The highest BCUT2D eigenvalue weighted by molar-refractivity contribution is 5.91. The highest BCUT2D eigenvalue weighted by Crippen LogP contribution is 2.22. The van der Waals surface area contributed by atoms with Gasteiger partial charge in [-0.05, 0) is 50.3 Å². The van der Waals surface area contributed by atoms with E-state index in [2.05, 4.69) is 20.7 Å². The van der Waals surface area contributed by atoms with Gasteiger partial charge < -0.3 is 10.1 Å². The van der Waals surface area contributed by atoms with Crippen LogP contribution in [0.1, 0.15) is 70.7 Å². The van der Waals surface area contributed by atoms with Crippen molar-refractivity contribution in [1.29, 1.82) is 0 Å². The van der Waals surface area contributed by atoms with E-state index in [0.29, 0.717) is 36.1 Å². The molecule has 0 radical (unpaired) electrons. The van der Waals surface area contributed by atoms with E-state index in [1.807, 2.05) is 38.1 Å². The molecule has 1 aromatic carbocycles. The quantitative estimate of drug-likeness (QED) is 0.548. The molecular formula is C28H35N5O5. The summed E-state index contributed by atoms with van der Waals surface area (Å²) in [5.41, 5.74) is 5.66.